The molecule has 2 heterocycles. The Kier molecular flexibility index (Phi) is 2.42. The molecule has 0 amide bonds. The maximum Gasteiger partial charge on any atom is 0.140 e. The van der Waals surface area contributed by atoms with E-state index in [4.69, 9.17) is 16.3 Å². The van der Waals surface area contributed by atoms with E-state index in [0.717, 1.165) is 40.1 Å². The Labute approximate surface area is 115 Å². The molecule has 0 atom stereocenters. The van der Waals surface area contributed by atoms with E-state index in [1.165, 1.54) is 12.8 Å². The number of aromatic amines is 1. The van der Waals surface area contributed by atoms with Crippen LogP contribution in [0, 0.1) is 5.92 Å². The zero-order valence-corrected chi connectivity index (χ0v) is 11.1. The molecule has 96 valence electrons. The van der Waals surface area contributed by atoms with Gasteiger partial charge in [-0.25, -0.2) is 0 Å². The fourth-order valence-electron chi connectivity index (χ4n) is 2.36. The molecule has 0 unspecified atom stereocenters. The molecular weight excluding hydrogens is 260 g/mol. The van der Waals surface area contributed by atoms with Crippen LogP contribution in [0.1, 0.15) is 12.8 Å². The summed E-state index contributed by atoms with van der Waals surface area (Å²) in [7, 11) is 0. The van der Waals surface area contributed by atoms with Gasteiger partial charge < -0.3 is 9.72 Å². The van der Waals surface area contributed by atoms with E-state index >= 15 is 0 Å². The smallest absolute Gasteiger partial charge is 0.140 e. The molecule has 0 bridgehead atoms. The van der Waals surface area contributed by atoms with Gasteiger partial charge in [-0.2, -0.15) is 0 Å². The number of hydrogen-bond acceptors (Lipinski definition) is 2. The molecule has 1 saturated carbocycles. The molecule has 3 nitrogen and oxygen atoms in total. The lowest BCUT2D eigenvalue weighted by Crippen LogP contribution is -1.99. The molecule has 4 heteroatoms. The fourth-order valence-corrected chi connectivity index (χ4v) is 2.57. The number of nitrogens with one attached hydrogen (secondary N) is 1. The van der Waals surface area contributed by atoms with Crippen molar-refractivity contribution in [3.8, 4) is 5.75 Å². The van der Waals surface area contributed by atoms with Crippen LogP contribution in [-0.2, 0) is 0 Å². The SMILES string of the molecule is Clc1cc2c(cc1OCC1CC1)[nH]c1cnccc12. The molecule has 3 aromatic rings. The van der Waals surface area contributed by atoms with E-state index in [-0.39, 0.29) is 0 Å². The average molecular weight is 273 g/mol. The number of halogens is 1. The Morgan fingerprint density at radius 3 is 3.00 bits per heavy atom. The lowest BCUT2D eigenvalue weighted by atomic mass is 10.2. The van der Waals surface area contributed by atoms with Crippen LogP contribution in [0.4, 0.5) is 0 Å². The third-order valence-electron chi connectivity index (χ3n) is 3.62. The lowest BCUT2D eigenvalue weighted by molar-refractivity contribution is 0.300. The van der Waals surface area contributed by atoms with Gasteiger partial charge in [-0.15, -0.1) is 0 Å². The second-order valence-corrected chi connectivity index (χ2v) is 5.54. The van der Waals surface area contributed by atoms with Gasteiger partial charge >= 0.3 is 0 Å². The average Bonchev–Trinajstić information content (AvgIpc) is 3.18. The van der Waals surface area contributed by atoms with E-state index in [0.29, 0.717) is 5.02 Å². The van der Waals surface area contributed by atoms with Crippen molar-refractivity contribution in [2.75, 3.05) is 6.61 Å². The van der Waals surface area contributed by atoms with Gasteiger partial charge in [0.2, 0.25) is 0 Å². The van der Waals surface area contributed by atoms with Crippen LogP contribution >= 0.6 is 11.6 Å². The van der Waals surface area contributed by atoms with Gasteiger partial charge in [0.25, 0.3) is 0 Å². The number of hydrogen-bond donors (Lipinski definition) is 1. The highest BCUT2D eigenvalue weighted by Crippen LogP contribution is 2.35. The molecule has 0 aliphatic heterocycles. The molecule has 1 aliphatic rings. The van der Waals surface area contributed by atoms with E-state index in [2.05, 4.69) is 9.97 Å². The predicted octanol–water partition coefficient (Wildman–Crippen LogP) is 4.16. The van der Waals surface area contributed by atoms with Crippen molar-refractivity contribution in [2.24, 2.45) is 5.92 Å². The minimum atomic E-state index is 0.672. The first kappa shape index (κ1) is 11.1. The second kappa shape index (κ2) is 4.14. The van der Waals surface area contributed by atoms with Crippen LogP contribution in [0.2, 0.25) is 5.02 Å². The van der Waals surface area contributed by atoms with Crippen molar-refractivity contribution in [1.29, 1.82) is 0 Å². The van der Waals surface area contributed by atoms with Gasteiger partial charge in [-0.1, -0.05) is 11.6 Å². The highest BCUT2D eigenvalue weighted by molar-refractivity contribution is 6.33. The minimum Gasteiger partial charge on any atom is -0.492 e. The molecule has 1 N–H and O–H groups in total. The van der Waals surface area contributed by atoms with Crippen molar-refractivity contribution in [2.45, 2.75) is 12.8 Å². The van der Waals surface area contributed by atoms with E-state index in [1.54, 1.807) is 6.20 Å². The number of benzene rings is 1. The Bertz CT molecular complexity index is 761. The van der Waals surface area contributed by atoms with Crippen molar-refractivity contribution >= 4 is 33.4 Å². The van der Waals surface area contributed by atoms with E-state index in [9.17, 15) is 0 Å². The van der Waals surface area contributed by atoms with Crippen LogP contribution < -0.4 is 4.74 Å². The Balaban J connectivity index is 1.82. The summed E-state index contributed by atoms with van der Waals surface area (Å²) < 4.78 is 5.80. The van der Waals surface area contributed by atoms with Crippen molar-refractivity contribution in [3.05, 3.63) is 35.6 Å². The summed E-state index contributed by atoms with van der Waals surface area (Å²) in [5.74, 6) is 1.49. The summed E-state index contributed by atoms with van der Waals surface area (Å²) in [6, 6.07) is 5.95. The minimum absolute atomic E-state index is 0.672. The van der Waals surface area contributed by atoms with Crippen molar-refractivity contribution in [3.63, 3.8) is 0 Å². The zero-order valence-electron chi connectivity index (χ0n) is 10.3. The summed E-state index contributed by atoms with van der Waals surface area (Å²) in [5.41, 5.74) is 2.06. The van der Waals surface area contributed by atoms with Crippen molar-refractivity contribution in [1.82, 2.24) is 9.97 Å². The monoisotopic (exact) mass is 272 g/mol. The number of fused-ring (bicyclic) bond motifs is 3. The summed E-state index contributed by atoms with van der Waals surface area (Å²) in [4.78, 5) is 7.47. The number of nitrogens with zero attached hydrogens (tertiary/aromatic N) is 1. The molecule has 1 aromatic carbocycles. The molecule has 0 radical (unpaired) electrons. The highest BCUT2D eigenvalue weighted by atomic mass is 35.5. The largest absolute Gasteiger partial charge is 0.492 e. The maximum atomic E-state index is 6.31. The zero-order chi connectivity index (χ0) is 12.8. The van der Waals surface area contributed by atoms with Gasteiger partial charge in [0, 0.05) is 23.0 Å². The highest BCUT2D eigenvalue weighted by Gasteiger charge is 2.22. The van der Waals surface area contributed by atoms with E-state index < -0.39 is 0 Å². The Morgan fingerprint density at radius 1 is 1.26 bits per heavy atom. The number of pyridine rings is 1. The lowest BCUT2D eigenvalue weighted by Gasteiger charge is -2.07. The summed E-state index contributed by atoms with van der Waals surface area (Å²) in [5, 5.41) is 2.92. The Morgan fingerprint density at radius 2 is 2.16 bits per heavy atom. The van der Waals surface area contributed by atoms with Crippen LogP contribution in [-0.4, -0.2) is 16.6 Å². The maximum absolute atomic E-state index is 6.31. The van der Waals surface area contributed by atoms with Crippen molar-refractivity contribution < 1.29 is 4.74 Å². The molecule has 4 rings (SSSR count). The normalized spacial score (nSPS) is 15.2. The number of H-pyrrole nitrogens is 1. The molecular formula is C15H13ClN2O. The van der Waals surface area contributed by atoms with Gasteiger partial charge in [0.1, 0.15) is 5.75 Å². The second-order valence-electron chi connectivity index (χ2n) is 5.13. The quantitative estimate of drug-likeness (QED) is 0.777. The number of rotatable bonds is 3. The topological polar surface area (TPSA) is 37.9 Å². The molecule has 19 heavy (non-hydrogen) atoms. The third kappa shape index (κ3) is 1.94. The predicted molar refractivity (Wildman–Crippen MR) is 76.8 cm³/mol. The molecule has 0 saturated heterocycles. The first-order valence-electron chi connectivity index (χ1n) is 6.49. The first-order chi connectivity index (χ1) is 9.31. The standard InChI is InChI=1S/C15H13ClN2O/c16-12-5-11-10-3-4-17-7-14(10)18-13(11)6-15(12)19-8-9-1-2-9/h3-7,9,18H,1-2,8H2. The first-order valence-corrected chi connectivity index (χ1v) is 6.87. The van der Waals surface area contributed by atoms with Gasteiger partial charge in [0.15, 0.2) is 0 Å². The number of aromatic nitrogens is 2. The van der Waals surface area contributed by atoms with E-state index in [1.807, 2.05) is 24.4 Å². The van der Waals surface area contributed by atoms with Gasteiger partial charge in [-0.3, -0.25) is 4.98 Å². The third-order valence-corrected chi connectivity index (χ3v) is 3.92. The summed E-state index contributed by atoms with van der Waals surface area (Å²) >= 11 is 6.31. The van der Waals surface area contributed by atoms with Gasteiger partial charge in [-0.05, 0) is 30.9 Å². The molecule has 2 aromatic heterocycles. The van der Waals surface area contributed by atoms with Crippen LogP contribution in [0.15, 0.2) is 30.6 Å². The van der Waals surface area contributed by atoms with Crippen LogP contribution in [0.25, 0.3) is 21.8 Å². The number of ether oxygens (including phenoxy) is 1. The summed E-state index contributed by atoms with van der Waals surface area (Å²) in [6.07, 6.45) is 6.17. The molecule has 0 spiro atoms. The fraction of sp³-hybridized carbons (Fsp3) is 0.267. The summed E-state index contributed by atoms with van der Waals surface area (Å²) in [6.45, 7) is 0.771. The molecule has 1 aliphatic carbocycles. The van der Waals surface area contributed by atoms with Gasteiger partial charge in [0.05, 0.1) is 28.9 Å². The van der Waals surface area contributed by atoms with Crippen LogP contribution in [0.3, 0.4) is 0 Å². The Hall–Kier alpha value is -1.74. The van der Waals surface area contributed by atoms with Crippen LogP contribution in [0.5, 0.6) is 5.75 Å². The molecule has 1 fully saturated rings.